The van der Waals surface area contributed by atoms with Crippen LogP contribution in [-0.2, 0) is 6.54 Å². The van der Waals surface area contributed by atoms with Gasteiger partial charge in [0.05, 0.1) is 6.54 Å². The topological polar surface area (TPSA) is 82.7 Å². The number of nitrogen functional groups attached to an aromatic ring is 2. The van der Waals surface area contributed by atoms with Crippen molar-refractivity contribution in [1.82, 2.24) is 14.8 Å². The minimum Gasteiger partial charge on any atom is -0.368 e. The van der Waals surface area contributed by atoms with Crippen molar-refractivity contribution in [3.63, 3.8) is 0 Å². The summed E-state index contributed by atoms with van der Waals surface area (Å²) in [6.07, 6.45) is 0. The van der Waals surface area contributed by atoms with E-state index in [2.05, 4.69) is 10.1 Å². The van der Waals surface area contributed by atoms with Crippen LogP contribution in [0.5, 0.6) is 0 Å². The number of rotatable bonds is 2. The molecule has 0 radical (unpaired) electrons. The first kappa shape index (κ1) is 10.3. The Hall–Kier alpha value is -2.18. The molecule has 0 bridgehead atoms. The molecule has 4 N–H and O–H groups in total. The van der Waals surface area contributed by atoms with Gasteiger partial charge in [-0.15, -0.1) is 5.10 Å². The molecule has 0 aliphatic heterocycles. The molecule has 16 heavy (non-hydrogen) atoms. The number of halogens is 2. The van der Waals surface area contributed by atoms with Crippen molar-refractivity contribution in [2.45, 2.75) is 6.54 Å². The Bertz CT molecular complexity index is 523. The Morgan fingerprint density at radius 1 is 1.25 bits per heavy atom. The van der Waals surface area contributed by atoms with Gasteiger partial charge in [-0.3, -0.25) is 0 Å². The summed E-state index contributed by atoms with van der Waals surface area (Å²) in [5.74, 6) is -1.01. The average molecular weight is 225 g/mol. The van der Waals surface area contributed by atoms with Crippen LogP contribution >= 0.6 is 0 Å². The van der Waals surface area contributed by atoms with E-state index in [-0.39, 0.29) is 24.0 Å². The lowest BCUT2D eigenvalue weighted by molar-refractivity contribution is 0.568. The molecule has 0 aliphatic carbocycles. The van der Waals surface area contributed by atoms with Crippen LogP contribution in [0.3, 0.4) is 0 Å². The van der Waals surface area contributed by atoms with E-state index in [0.717, 1.165) is 18.2 Å². The van der Waals surface area contributed by atoms with Crippen molar-refractivity contribution in [1.29, 1.82) is 0 Å². The second-order valence-corrected chi connectivity index (χ2v) is 3.22. The van der Waals surface area contributed by atoms with Crippen LogP contribution in [0.2, 0.25) is 0 Å². The van der Waals surface area contributed by atoms with Crippen molar-refractivity contribution in [2.75, 3.05) is 11.5 Å². The van der Waals surface area contributed by atoms with Gasteiger partial charge in [-0.05, 0) is 18.2 Å². The van der Waals surface area contributed by atoms with Crippen molar-refractivity contribution >= 4 is 11.9 Å². The van der Waals surface area contributed by atoms with E-state index in [1.54, 1.807) is 0 Å². The summed E-state index contributed by atoms with van der Waals surface area (Å²) < 4.78 is 27.4. The molecule has 0 saturated carbocycles. The third-order valence-corrected chi connectivity index (χ3v) is 2.04. The third kappa shape index (κ3) is 1.92. The lowest BCUT2D eigenvalue weighted by Gasteiger charge is -2.04. The van der Waals surface area contributed by atoms with Crippen molar-refractivity contribution in [2.24, 2.45) is 0 Å². The van der Waals surface area contributed by atoms with E-state index in [9.17, 15) is 8.78 Å². The number of anilines is 2. The van der Waals surface area contributed by atoms with E-state index >= 15 is 0 Å². The minimum absolute atomic E-state index is 0.00527. The molecule has 1 heterocycles. The van der Waals surface area contributed by atoms with E-state index in [1.807, 2.05) is 0 Å². The molecule has 84 valence electrons. The SMILES string of the molecule is Nc1nc(N)n(Cc2cc(F)ccc2F)n1. The first-order valence-electron chi connectivity index (χ1n) is 4.46. The number of benzene rings is 1. The first-order valence-corrected chi connectivity index (χ1v) is 4.46. The standard InChI is InChI=1S/C9H9F2N5/c10-6-1-2-7(11)5(3-6)4-16-9(13)14-8(12)15-16/h1-3H,4H2,(H4,12,13,14,15). The number of nitrogens with two attached hydrogens (primary N) is 2. The Morgan fingerprint density at radius 3 is 2.62 bits per heavy atom. The quantitative estimate of drug-likeness (QED) is 0.790. The maximum atomic E-state index is 13.3. The summed E-state index contributed by atoms with van der Waals surface area (Å²) in [6.45, 7) is -0.0143. The van der Waals surface area contributed by atoms with Crippen LogP contribution in [0.1, 0.15) is 5.56 Å². The zero-order valence-corrected chi connectivity index (χ0v) is 8.19. The van der Waals surface area contributed by atoms with Gasteiger partial charge in [-0.1, -0.05) is 0 Å². The van der Waals surface area contributed by atoms with Crippen LogP contribution < -0.4 is 11.5 Å². The Balaban J connectivity index is 2.33. The summed E-state index contributed by atoms with van der Waals surface area (Å²) in [5.41, 5.74) is 10.9. The van der Waals surface area contributed by atoms with Gasteiger partial charge >= 0.3 is 0 Å². The number of nitrogens with zero attached hydrogens (tertiary/aromatic N) is 3. The lowest BCUT2D eigenvalue weighted by atomic mass is 10.2. The fourth-order valence-corrected chi connectivity index (χ4v) is 1.31. The lowest BCUT2D eigenvalue weighted by Crippen LogP contribution is -2.08. The zero-order valence-electron chi connectivity index (χ0n) is 8.19. The van der Waals surface area contributed by atoms with Gasteiger partial charge < -0.3 is 11.5 Å². The normalized spacial score (nSPS) is 10.6. The van der Waals surface area contributed by atoms with Gasteiger partial charge in [-0.25, -0.2) is 13.5 Å². The molecule has 0 unspecified atom stereocenters. The van der Waals surface area contributed by atoms with Crippen LogP contribution in [0.4, 0.5) is 20.7 Å². The molecule has 0 spiro atoms. The van der Waals surface area contributed by atoms with Crippen molar-refractivity contribution in [3.05, 3.63) is 35.4 Å². The van der Waals surface area contributed by atoms with E-state index < -0.39 is 11.6 Å². The molecule has 1 aromatic carbocycles. The molecular formula is C9H9F2N5. The molecule has 0 fully saturated rings. The van der Waals surface area contributed by atoms with Crippen LogP contribution in [0.15, 0.2) is 18.2 Å². The van der Waals surface area contributed by atoms with E-state index in [0.29, 0.717) is 0 Å². The summed E-state index contributed by atoms with van der Waals surface area (Å²) in [7, 11) is 0. The molecule has 1 aromatic heterocycles. The van der Waals surface area contributed by atoms with Crippen LogP contribution in [-0.4, -0.2) is 14.8 Å². The fraction of sp³-hybridized carbons (Fsp3) is 0.111. The Labute approximate surface area is 89.7 Å². The smallest absolute Gasteiger partial charge is 0.241 e. The zero-order chi connectivity index (χ0) is 11.7. The maximum absolute atomic E-state index is 13.3. The third-order valence-electron chi connectivity index (χ3n) is 2.04. The van der Waals surface area contributed by atoms with Gasteiger partial charge in [-0.2, -0.15) is 4.98 Å². The number of hydrogen-bond acceptors (Lipinski definition) is 4. The summed E-state index contributed by atoms with van der Waals surface area (Å²) in [4.78, 5) is 3.65. The molecular weight excluding hydrogens is 216 g/mol. The van der Waals surface area contributed by atoms with Crippen LogP contribution in [0, 0.1) is 11.6 Å². The van der Waals surface area contributed by atoms with Gasteiger partial charge in [0.25, 0.3) is 0 Å². The van der Waals surface area contributed by atoms with Gasteiger partial charge in [0, 0.05) is 5.56 Å². The number of aromatic nitrogens is 3. The molecule has 0 atom stereocenters. The molecule has 5 nitrogen and oxygen atoms in total. The van der Waals surface area contributed by atoms with E-state index in [1.165, 1.54) is 4.68 Å². The summed E-state index contributed by atoms with van der Waals surface area (Å²) in [5, 5.41) is 3.75. The monoisotopic (exact) mass is 225 g/mol. The number of hydrogen-bond donors (Lipinski definition) is 2. The maximum Gasteiger partial charge on any atom is 0.241 e. The van der Waals surface area contributed by atoms with Crippen molar-refractivity contribution in [3.8, 4) is 0 Å². The highest BCUT2D eigenvalue weighted by Gasteiger charge is 2.09. The van der Waals surface area contributed by atoms with Crippen molar-refractivity contribution < 1.29 is 8.78 Å². The molecule has 2 aromatic rings. The second kappa shape index (κ2) is 3.76. The highest BCUT2D eigenvalue weighted by Crippen LogP contribution is 2.13. The second-order valence-electron chi connectivity index (χ2n) is 3.22. The highest BCUT2D eigenvalue weighted by atomic mass is 19.1. The minimum atomic E-state index is -0.533. The van der Waals surface area contributed by atoms with E-state index in [4.69, 9.17) is 11.5 Å². The first-order chi connectivity index (χ1) is 7.56. The molecule has 7 heteroatoms. The van der Waals surface area contributed by atoms with Crippen LogP contribution in [0.25, 0.3) is 0 Å². The predicted molar refractivity (Wildman–Crippen MR) is 54.3 cm³/mol. The summed E-state index contributed by atoms with van der Waals surface area (Å²) >= 11 is 0. The largest absolute Gasteiger partial charge is 0.368 e. The predicted octanol–water partition coefficient (Wildman–Crippen LogP) is 0.769. The summed E-state index contributed by atoms with van der Waals surface area (Å²) in [6, 6.07) is 3.16. The average Bonchev–Trinajstić information content (AvgIpc) is 2.51. The molecule has 0 saturated heterocycles. The molecule has 2 rings (SSSR count). The Morgan fingerprint density at radius 2 is 2.00 bits per heavy atom. The Kier molecular flexibility index (Phi) is 2.43. The van der Waals surface area contributed by atoms with Gasteiger partial charge in [0.2, 0.25) is 11.9 Å². The molecule has 0 amide bonds. The molecule has 0 aliphatic rings. The fourth-order valence-electron chi connectivity index (χ4n) is 1.31. The van der Waals surface area contributed by atoms with Gasteiger partial charge in [0.15, 0.2) is 0 Å². The van der Waals surface area contributed by atoms with Gasteiger partial charge in [0.1, 0.15) is 11.6 Å². The highest BCUT2D eigenvalue weighted by molar-refractivity contribution is 5.28.